The van der Waals surface area contributed by atoms with Crippen LogP contribution in [0, 0.1) is 0 Å². The summed E-state index contributed by atoms with van der Waals surface area (Å²) in [5.41, 5.74) is 6.62. The third-order valence-electron chi connectivity index (χ3n) is 5.01. The molecular formula is C26H20N4O2S. The molecule has 0 saturated heterocycles. The minimum atomic E-state index is -0.489. The normalized spacial score (nSPS) is 14.8. The molecule has 3 aromatic carbocycles. The Morgan fingerprint density at radius 3 is 1.94 bits per heavy atom. The lowest BCUT2D eigenvalue weighted by Crippen LogP contribution is -2.20. The van der Waals surface area contributed by atoms with Crippen LogP contribution in [0.5, 0.6) is 0 Å². The zero-order valence-electron chi connectivity index (χ0n) is 17.6. The second-order valence-electron chi connectivity index (χ2n) is 7.29. The van der Waals surface area contributed by atoms with Crippen LogP contribution in [0.1, 0.15) is 16.2 Å². The van der Waals surface area contributed by atoms with Gasteiger partial charge in [-0.05, 0) is 6.07 Å². The predicted molar refractivity (Wildman–Crippen MR) is 131 cm³/mol. The molecule has 6 nitrogen and oxygen atoms in total. The monoisotopic (exact) mass is 452 g/mol. The molecule has 33 heavy (non-hydrogen) atoms. The fraction of sp³-hybridized carbons (Fsp3) is 0.0769. The van der Waals surface area contributed by atoms with Gasteiger partial charge in [0.2, 0.25) is 11.4 Å². The van der Waals surface area contributed by atoms with Gasteiger partial charge in [-0.15, -0.1) is 5.10 Å². The Morgan fingerprint density at radius 2 is 1.36 bits per heavy atom. The van der Waals surface area contributed by atoms with Crippen LogP contribution in [-0.2, 0) is 4.74 Å². The number of thioether (sulfide) groups is 1. The van der Waals surface area contributed by atoms with Gasteiger partial charge in [0.1, 0.15) is 0 Å². The summed E-state index contributed by atoms with van der Waals surface area (Å²) < 4.78 is 5.94. The first-order valence-corrected chi connectivity index (χ1v) is 11.5. The van der Waals surface area contributed by atoms with E-state index in [4.69, 9.17) is 14.7 Å². The fourth-order valence-electron chi connectivity index (χ4n) is 3.35. The second kappa shape index (κ2) is 9.67. The van der Waals surface area contributed by atoms with Gasteiger partial charge in [0.25, 0.3) is 5.90 Å². The van der Waals surface area contributed by atoms with Crippen molar-refractivity contribution in [1.29, 1.82) is 0 Å². The number of carbonyl (C=O) groups is 1. The number of hydrogen-bond donors (Lipinski definition) is 1. The van der Waals surface area contributed by atoms with Crippen LogP contribution < -0.4 is 5.43 Å². The smallest absolute Gasteiger partial charge is 0.279 e. The van der Waals surface area contributed by atoms with Crippen LogP contribution in [0.3, 0.4) is 0 Å². The third kappa shape index (κ3) is 4.94. The fourth-order valence-corrected chi connectivity index (χ4v) is 4.11. The van der Waals surface area contributed by atoms with Crippen molar-refractivity contribution in [2.45, 2.75) is 5.56 Å². The van der Waals surface area contributed by atoms with E-state index in [1.807, 2.05) is 97.1 Å². The van der Waals surface area contributed by atoms with Crippen LogP contribution in [0.2, 0.25) is 0 Å². The number of hydrazone groups is 1. The highest BCUT2D eigenvalue weighted by molar-refractivity contribution is 8.00. The topological polar surface area (TPSA) is 76.5 Å². The Labute approximate surface area is 195 Å². The highest BCUT2D eigenvalue weighted by atomic mass is 32.2. The summed E-state index contributed by atoms with van der Waals surface area (Å²) in [4.78, 5) is 21.8. The Hall–Kier alpha value is -3.97. The van der Waals surface area contributed by atoms with Gasteiger partial charge in [-0.3, -0.25) is 10.2 Å². The van der Waals surface area contributed by atoms with Gasteiger partial charge in [-0.25, -0.2) is 9.97 Å². The molecule has 1 aliphatic heterocycles. The standard InChI is InChI=1S/C26H20N4O2S/c31-23(20-14-8-3-9-15-20)17-33-26-30-29-25(32-26)24-27-21(18-10-4-1-5-11-18)16-22(28-24)19-12-6-2-7-13-19/h1-16,26,30H,17H2. The number of nitrogens with one attached hydrogen (secondary N) is 1. The molecule has 0 saturated carbocycles. The van der Waals surface area contributed by atoms with Crippen molar-refractivity contribution in [3.05, 3.63) is 108 Å². The van der Waals surface area contributed by atoms with Gasteiger partial charge >= 0.3 is 0 Å². The van der Waals surface area contributed by atoms with Crippen LogP contribution in [0.15, 0.2) is 102 Å². The SMILES string of the molecule is O=C(CSC1NN=C(c2nc(-c3ccccc3)cc(-c3ccccc3)n2)O1)c1ccccc1. The molecule has 5 rings (SSSR count). The number of hydrogen-bond acceptors (Lipinski definition) is 7. The molecule has 0 amide bonds. The van der Waals surface area contributed by atoms with E-state index in [1.165, 1.54) is 11.8 Å². The molecule has 0 radical (unpaired) electrons. The van der Waals surface area contributed by atoms with Crippen LogP contribution in [0.4, 0.5) is 0 Å². The Bertz CT molecular complexity index is 1220. The lowest BCUT2D eigenvalue weighted by Gasteiger charge is -2.11. The first-order chi connectivity index (χ1) is 16.3. The van der Waals surface area contributed by atoms with Crippen molar-refractivity contribution in [3.63, 3.8) is 0 Å². The summed E-state index contributed by atoms with van der Waals surface area (Å²) in [7, 11) is 0. The average molecular weight is 453 g/mol. The molecule has 1 atom stereocenters. The number of aromatic nitrogens is 2. The molecule has 1 unspecified atom stereocenters. The number of rotatable bonds is 7. The number of nitrogens with zero attached hydrogens (tertiary/aromatic N) is 3. The Kier molecular flexibility index (Phi) is 6.12. The van der Waals surface area contributed by atoms with E-state index in [1.54, 1.807) is 0 Å². The van der Waals surface area contributed by atoms with E-state index in [9.17, 15) is 4.79 Å². The predicted octanol–water partition coefficient (Wildman–Crippen LogP) is 4.99. The van der Waals surface area contributed by atoms with E-state index >= 15 is 0 Å². The van der Waals surface area contributed by atoms with Crippen LogP contribution in [0.25, 0.3) is 22.5 Å². The zero-order chi connectivity index (χ0) is 22.5. The molecular weight excluding hydrogens is 432 g/mol. The minimum absolute atomic E-state index is 0.0353. The number of benzene rings is 3. The quantitative estimate of drug-likeness (QED) is 0.398. The average Bonchev–Trinajstić information content (AvgIpc) is 3.38. The second-order valence-corrected chi connectivity index (χ2v) is 8.34. The van der Waals surface area contributed by atoms with Gasteiger partial charge in [0.15, 0.2) is 5.78 Å². The van der Waals surface area contributed by atoms with Gasteiger partial charge in [-0.2, -0.15) is 0 Å². The number of Topliss-reactive ketones (excluding diaryl/α,β-unsaturated/α-hetero) is 1. The summed E-state index contributed by atoms with van der Waals surface area (Å²) >= 11 is 1.33. The molecule has 4 aromatic rings. The van der Waals surface area contributed by atoms with Crippen molar-refractivity contribution in [1.82, 2.24) is 15.4 Å². The van der Waals surface area contributed by atoms with Crippen molar-refractivity contribution in [2.24, 2.45) is 5.10 Å². The Balaban J connectivity index is 1.36. The molecule has 0 aliphatic carbocycles. The van der Waals surface area contributed by atoms with Crippen molar-refractivity contribution < 1.29 is 9.53 Å². The lowest BCUT2D eigenvalue weighted by atomic mass is 10.1. The van der Waals surface area contributed by atoms with Gasteiger partial charge < -0.3 is 4.74 Å². The number of ketones is 1. The maximum atomic E-state index is 12.4. The summed E-state index contributed by atoms with van der Waals surface area (Å²) in [5, 5.41) is 4.29. The maximum absolute atomic E-state index is 12.4. The van der Waals surface area contributed by atoms with Crippen LogP contribution >= 0.6 is 11.8 Å². The van der Waals surface area contributed by atoms with Gasteiger partial charge in [-0.1, -0.05) is 103 Å². The molecule has 162 valence electrons. The first-order valence-electron chi connectivity index (χ1n) is 10.5. The summed E-state index contributed by atoms with van der Waals surface area (Å²) in [6, 6.07) is 31.0. The molecule has 1 aliphatic rings. The first kappa shape index (κ1) is 20.9. The Morgan fingerprint density at radius 1 is 0.818 bits per heavy atom. The third-order valence-corrected chi connectivity index (χ3v) is 5.94. The van der Waals surface area contributed by atoms with E-state index in [0.29, 0.717) is 17.3 Å². The molecule has 0 bridgehead atoms. The maximum Gasteiger partial charge on any atom is 0.279 e. The van der Waals surface area contributed by atoms with E-state index in [0.717, 1.165) is 22.5 Å². The van der Waals surface area contributed by atoms with Crippen LogP contribution in [-0.4, -0.2) is 33.0 Å². The summed E-state index contributed by atoms with van der Waals surface area (Å²) in [6.07, 6.45) is 0. The highest BCUT2D eigenvalue weighted by Crippen LogP contribution is 2.25. The molecule has 7 heteroatoms. The molecule has 0 spiro atoms. The van der Waals surface area contributed by atoms with Gasteiger partial charge in [0, 0.05) is 16.7 Å². The summed E-state index contributed by atoms with van der Waals surface area (Å²) in [6.45, 7) is 0. The largest absolute Gasteiger partial charge is 0.439 e. The molecule has 2 heterocycles. The summed E-state index contributed by atoms with van der Waals surface area (Å²) in [5.74, 6) is 0.993. The van der Waals surface area contributed by atoms with E-state index in [2.05, 4.69) is 10.5 Å². The highest BCUT2D eigenvalue weighted by Gasteiger charge is 2.25. The molecule has 0 fully saturated rings. The van der Waals surface area contributed by atoms with E-state index in [-0.39, 0.29) is 11.5 Å². The molecule has 1 N–H and O–H groups in total. The minimum Gasteiger partial charge on any atom is -0.439 e. The number of ether oxygens (including phenoxy) is 1. The van der Waals surface area contributed by atoms with Crippen molar-refractivity contribution in [2.75, 3.05) is 5.75 Å². The zero-order valence-corrected chi connectivity index (χ0v) is 18.4. The molecule has 1 aromatic heterocycles. The van der Waals surface area contributed by atoms with E-state index < -0.39 is 5.56 Å². The van der Waals surface area contributed by atoms with Crippen molar-refractivity contribution in [3.8, 4) is 22.5 Å². The number of carbonyl (C=O) groups excluding carboxylic acids is 1. The van der Waals surface area contributed by atoms with Gasteiger partial charge in [0.05, 0.1) is 17.1 Å². The van der Waals surface area contributed by atoms with Crippen molar-refractivity contribution >= 4 is 23.4 Å². The lowest BCUT2D eigenvalue weighted by molar-refractivity contribution is 0.102.